The summed E-state index contributed by atoms with van der Waals surface area (Å²) >= 11 is 3.10. The van der Waals surface area contributed by atoms with E-state index in [0.29, 0.717) is 0 Å². The maximum Gasteiger partial charge on any atom is 0.143 e. The topological polar surface area (TPSA) is 41.3 Å². The summed E-state index contributed by atoms with van der Waals surface area (Å²) in [6.45, 7) is 9.84. The Labute approximate surface area is 134 Å². The first-order valence-corrected chi connectivity index (χ1v) is 7.92. The Balaban J connectivity index is 3.11. The molecule has 0 bridgehead atoms. The number of nitrogens with one attached hydrogen (secondary N) is 1. The Morgan fingerprint density at radius 3 is 2.33 bits per heavy atom. The molecule has 0 radical (unpaired) electrons. The summed E-state index contributed by atoms with van der Waals surface area (Å²) in [5.41, 5.74) is 2.44. The van der Waals surface area contributed by atoms with Gasteiger partial charge in [-0.2, -0.15) is 0 Å². The minimum atomic E-state index is -0.564. The maximum atomic E-state index is 14.1. The number of hydrogen-bond acceptors (Lipinski definition) is 3. The van der Waals surface area contributed by atoms with Crippen LogP contribution in [0.2, 0.25) is 0 Å². The van der Waals surface area contributed by atoms with Crippen LogP contribution in [0.15, 0.2) is 16.6 Å². The first kappa shape index (κ1) is 18.5. The lowest BCUT2D eigenvalue weighted by atomic mass is 9.87. The van der Waals surface area contributed by atoms with E-state index in [9.17, 15) is 8.78 Å². The van der Waals surface area contributed by atoms with Crippen molar-refractivity contribution in [2.45, 2.75) is 45.7 Å². The van der Waals surface area contributed by atoms with E-state index < -0.39 is 11.6 Å². The van der Waals surface area contributed by atoms with Crippen LogP contribution in [0.25, 0.3) is 0 Å². The number of nitrogens with two attached hydrogens (primary N) is 1. The number of hydrazine groups is 1. The van der Waals surface area contributed by atoms with Crippen LogP contribution in [0.4, 0.5) is 8.78 Å². The first-order chi connectivity index (χ1) is 9.79. The third-order valence-corrected chi connectivity index (χ3v) is 4.79. The molecule has 0 aliphatic heterocycles. The number of likely N-dealkylation sites (N-methyl/N-ethyl adjacent to an activating group) is 1. The Morgan fingerprint density at radius 2 is 1.86 bits per heavy atom. The number of hydrogen-bond donors (Lipinski definition) is 2. The minimum absolute atomic E-state index is 0.0487. The fourth-order valence-electron chi connectivity index (χ4n) is 2.73. The van der Waals surface area contributed by atoms with Gasteiger partial charge in [-0.1, -0.05) is 13.8 Å². The maximum absolute atomic E-state index is 14.1. The van der Waals surface area contributed by atoms with Gasteiger partial charge >= 0.3 is 0 Å². The number of rotatable bonds is 7. The summed E-state index contributed by atoms with van der Waals surface area (Å²) in [5, 5.41) is 0. The molecule has 21 heavy (non-hydrogen) atoms. The Hall–Kier alpha value is -0.560. The highest BCUT2D eigenvalue weighted by atomic mass is 79.9. The van der Waals surface area contributed by atoms with E-state index in [1.807, 2.05) is 13.8 Å². The van der Waals surface area contributed by atoms with Crippen LogP contribution >= 0.6 is 15.9 Å². The quantitative estimate of drug-likeness (QED) is 0.444. The lowest BCUT2D eigenvalue weighted by molar-refractivity contribution is 0.0905. The molecule has 0 aliphatic rings. The van der Waals surface area contributed by atoms with E-state index >= 15 is 0 Å². The summed E-state index contributed by atoms with van der Waals surface area (Å²) in [4.78, 5) is 2.21. The summed E-state index contributed by atoms with van der Waals surface area (Å²) in [6, 6.07) is 2.35. The number of nitrogens with zero attached hydrogens (tertiary/aromatic N) is 1. The lowest BCUT2D eigenvalue weighted by Gasteiger charge is -2.43. The van der Waals surface area contributed by atoms with E-state index in [2.05, 4.69) is 40.1 Å². The SMILES string of the molecule is CCN(CC)C(C)(C)C(Cc1c(F)ccc(Br)c1F)NN. The highest BCUT2D eigenvalue weighted by molar-refractivity contribution is 9.10. The van der Waals surface area contributed by atoms with Gasteiger partial charge in [0, 0.05) is 17.1 Å². The third kappa shape index (κ3) is 4.00. The molecule has 3 nitrogen and oxygen atoms in total. The zero-order chi connectivity index (χ0) is 16.2. The van der Waals surface area contributed by atoms with E-state index in [1.54, 1.807) is 0 Å². The summed E-state index contributed by atoms with van der Waals surface area (Å²) in [5.74, 6) is 4.54. The van der Waals surface area contributed by atoms with Crippen molar-refractivity contribution in [3.05, 3.63) is 33.8 Å². The molecule has 0 heterocycles. The normalized spacial score (nSPS) is 13.8. The standard InChI is InChI=1S/C15H24BrF2N3/c1-5-21(6-2)15(3,4)13(20-19)9-10-12(17)8-7-11(16)14(10)18/h7-8,13,20H,5-6,9,19H2,1-4H3. The molecule has 0 spiro atoms. The van der Waals surface area contributed by atoms with Gasteiger partial charge in [0.1, 0.15) is 11.6 Å². The van der Waals surface area contributed by atoms with Crippen molar-refractivity contribution in [2.75, 3.05) is 13.1 Å². The number of benzene rings is 1. The van der Waals surface area contributed by atoms with Gasteiger partial charge in [0.25, 0.3) is 0 Å². The van der Waals surface area contributed by atoms with Gasteiger partial charge in [0.05, 0.1) is 4.47 Å². The summed E-state index contributed by atoms with van der Waals surface area (Å²) in [7, 11) is 0. The Morgan fingerprint density at radius 1 is 1.29 bits per heavy atom. The van der Waals surface area contributed by atoms with Gasteiger partial charge in [-0.15, -0.1) is 0 Å². The van der Waals surface area contributed by atoms with Crippen LogP contribution in [-0.2, 0) is 6.42 Å². The van der Waals surface area contributed by atoms with Crippen LogP contribution in [-0.4, -0.2) is 29.6 Å². The largest absolute Gasteiger partial charge is 0.297 e. The highest BCUT2D eigenvalue weighted by Crippen LogP contribution is 2.27. The molecule has 0 saturated heterocycles. The molecule has 0 saturated carbocycles. The fourth-order valence-corrected chi connectivity index (χ4v) is 3.10. The fraction of sp³-hybridized carbons (Fsp3) is 0.600. The average molecular weight is 364 g/mol. The second-order valence-corrected chi connectivity index (χ2v) is 6.43. The van der Waals surface area contributed by atoms with Crippen molar-refractivity contribution >= 4 is 15.9 Å². The summed E-state index contributed by atoms with van der Waals surface area (Å²) < 4.78 is 28.3. The molecule has 0 aromatic heterocycles. The minimum Gasteiger partial charge on any atom is -0.297 e. The average Bonchev–Trinajstić information content (AvgIpc) is 2.44. The van der Waals surface area contributed by atoms with Gasteiger partial charge in [0.2, 0.25) is 0 Å². The van der Waals surface area contributed by atoms with Gasteiger partial charge in [0.15, 0.2) is 0 Å². The van der Waals surface area contributed by atoms with Gasteiger partial charge < -0.3 is 0 Å². The van der Waals surface area contributed by atoms with Crippen LogP contribution in [0.3, 0.4) is 0 Å². The molecule has 120 valence electrons. The zero-order valence-corrected chi connectivity index (χ0v) is 14.6. The number of halogens is 3. The molecule has 1 atom stereocenters. The van der Waals surface area contributed by atoms with Gasteiger partial charge in [-0.25, -0.2) is 8.78 Å². The smallest absolute Gasteiger partial charge is 0.143 e. The molecule has 0 fully saturated rings. The molecule has 1 aromatic rings. The predicted octanol–water partition coefficient (Wildman–Crippen LogP) is 3.22. The Kier molecular flexibility index (Phi) is 6.71. The van der Waals surface area contributed by atoms with E-state index in [4.69, 9.17) is 5.84 Å². The van der Waals surface area contributed by atoms with Gasteiger partial charge in [-0.05, 0) is 61.4 Å². The van der Waals surface area contributed by atoms with Crippen molar-refractivity contribution in [1.82, 2.24) is 10.3 Å². The molecular weight excluding hydrogens is 340 g/mol. The molecule has 0 amide bonds. The second kappa shape index (κ2) is 7.63. The van der Waals surface area contributed by atoms with Crippen LogP contribution in [0, 0.1) is 11.6 Å². The molecule has 6 heteroatoms. The predicted molar refractivity (Wildman–Crippen MR) is 85.9 cm³/mol. The molecule has 1 unspecified atom stereocenters. The monoisotopic (exact) mass is 363 g/mol. The highest BCUT2D eigenvalue weighted by Gasteiger charge is 2.34. The van der Waals surface area contributed by atoms with E-state index in [0.717, 1.165) is 13.1 Å². The van der Waals surface area contributed by atoms with E-state index in [1.165, 1.54) is 12.1 Å². The molecule has 0 aliphatic carbocycles. The third-order valence-electron chi connectivity index (χ3n) is 4.18. The van der Waals surface area contributed by atoms with Crippen LogP contribution in [0.1, 0.15) is 33.3 Å². The lowest BCUT2D eigenvalue weighted by Crippen LogP contribution is -2.60. The van der Waals surface area contributed by atoms with Crippen molar-refractivity contribution in [3.8, 4) is 0 Å². The first-order valence-electron chi connectivity index (χ1n) is 7.13. The van der Waals surface area contributed by atoms with Crippen molar-refractivity contribution < 1.29 is 8.78 Å². The van der Waals surface area contributed by atoms with E-state index in [-0.39, 0.29) is 28.0 Å². The van der Waals surface area contributed by atoms with Crippen LogP contribution in [0.5, 0.6) is 0 Å². The molecule has 3 N–H and O–H groups in total. The molecule has 1 aromatic carbocycles. The van der Waals surface area contributed by atoms with Crippen molar-refractivity contribution in [3.63, 3.8) is 0 Å². The van der Waals surface area contributed by atoms with Crippen molar-refractivity contribution in [2.24, 2.45) is 5.84 Å². The zero-order valence-electron chi connectivity index (χ0n) is 13.0. The Bertz CT molecular complexity index is 476. The molecule has 1 rings (SSSR count). The summed E-state index contributed by atoms with van der Waals surface area (Å²) in [6.07, 6.45) is 0.178. The second-order valence-electron chi connectivity index (χ2n) is 5.57. The van der Waals surface area contributed by atoms with Crippen LogP contribution < -0.4 is 11.3 Å². The van der Waals surface area contributed by atoms with Gasteiger partial charge in [-0.3, -0.25) is 16.2 Å². The van der Waals surface area contributed by atoms with Crippen molar-refractivity contribution in [1.29, 1.82) is 0 Å². The molecular formula is C15H24BrF2N3.